The van der Waals surface area contributed by atoms with Crippen molar-refractivity contribution < 1.29 is 14.6 Å². The SMILES string of the molecule is ClC1CC1Cl.O=C(O)COc1ccc(Cl)cc1Cl.O=c1[nH]c2ccc1cc2. The predicted molar refractivity (Wildman–Crippen MR) is 109 cm³/mol. The number of halogens is 4. The van der Waals surface area contributed by atoms with Gasteiger partial charge in [0.15, 0.2) is 6.61 Å². The number of fused-ring (bicyclic) bond motifs is 3. The van der Waals surface area contributed by atoms with E-state index in [0.29, 0.717) is 15.8 Å². The topological polar surface area (TPSA) is 79.4 Å². The molecule has 4 aromatic rings. The standard InChI is InChI=1S/C8H6Cl2O3.C7H5NO.C3H4Cl2/c9-5-1-2-7(6(10)3-5)13-4-8(11)12;9-7-5-1-3-6(8-7)4-2-5;4-2-1-3(2)5/h1-3H,4H2,(H,11,12);1-4H,(H,8,9);2-3H,1H2. The summed E-state index contributed by atoms with van der Waals surface area (Å²) in [6, 6.07) is 12.0. The molecular formula is C18H15Cl4NO4. The maximum Gasteiger partial charge on any atom is 0.341 e. The lowest BCUT2D eigenvalue weighted by atomic mass is 10.2. The van der Waals surface area contributed by atoms with Gasteiger partial charge in [-0.2, -0.15) is 0 Å². The van der Waals surface area contributed by atoms with Crippen LogP contribution in [0.4, 0.5) is 0 Å². The number of rotatable bonds is 3. The Hall–Kier alpha value is -1.66. The van der Waals surface area contributed by atoms with Crippen LogP contribution in [0.2, 0.25) is 10.0 Å². The molecule has 2 heterocycles. The van der Waals surface area contributed by atoms with E-state index < -0.39 is 12.6 Å². The largest absolute Gasteiger partial charge is 0.480 e. The lowest BCUT2D eigenvalue weighted by molar-refractivity contribution is -0.139. The van der Waals surface area contributed by atoms with Gasteiger partial charge in [0.05, 0.1) is 15.8 Å². The Kier molecular flexibility index (Phi) is 8.05. The van der Waals surface area contributed by atoms with Gasteiger partial charge in [-0.05, 0) is 48.9 Å². The zero-order valence-electron chi connectivity index (χ0n) is 13.8. The number of pyridine rings is 2. The number of benzene rings is 2. The Labute approximate surface area is 175 Å². The van der Waals surface area contributed by atoms with Crippen molar-refractivity contribution in [2.45, 2.75) is 17.2 Å². The molecule has 0 saturated heterocycles. The molecule has 2 bridgehead atoms. The van der Waals surface area contributed by atoms with Crippen molar-refractivity contribution in [3.63, 3.8) is 0 Å². The molecule has 1 saturated carbocycles. The Balaban J connectivity index is 0.000000160. The summed E-state index contributed by atoms with van der Waals surface area (Å²) in [7, 11) is 0. The van der Waals surface area contributed by atoms with E-state index in [-0.39, 0.29) is 16.3 Å². The van der Waals surface area contributed by atoms with Gasteiger partial charge in [-0.15, -0.1) is 23.2 Å². The van der Waals surface area contributed by atoms with E-state index in [9.17, 15) is 9.59 Å². The summed E-state index contributed by atoms with van der Waals surface area (Å²) in [6.07, 6.45) is 1.00. The van der Waals surface area contributed by atoms with E-state index >= 15 is 0 Å². The minimum absolute atomic E-state index is 0.00926. The number of H-pyrrole nitrogens is 1. The van der Waals surface area contributed by atoms with Crippen LogP contribution in [-0.2, 0) is 4.79 Å². The minimum atomic E-state index is -1.05. The highest BCUT2D eigenvalue weighted by Crippen LogP contribution is 2.33. The molecule has 0 aliphatic heterocycles. The van der Waals surface area contributed by atoms with E-state index in [0.717, 1.165) is 17.3 Å². The number of nitrogens with one attached hydrogen (secondary N) is 1. The molecule has 9 heteroatoms. The van der Waals surface area contributed by atoms with Gasteiger partial charge in [0.25, 0.3) is 5.56 Å². The van der Waals surface area contributed by atoms with Crippen molar-refractivity contribution >= 4 is 63.3 Å². The van der Waals surface area contributed by atoms with Crippen LogP contribution in [0.15, 0.2) is 47.3 Å². The molecule has 2 aromatic heterocycles. The van der Waals surface area contributed by atoms with E-state index in [2.05, 4.69) is 4.98 Å². The molecule has 1 fully saturated rings. The number of aromatic nitrogens is 1. The monoisotopic (exact) mass is 449 g/mol. The van der Waals surface area contributed by atoms with Crippen molar-refractivity contribution in [3.05, 3.63) is 62.9 Å². The van der Waals surface area contributed by atoms with Gasteiger partial charge in [0.1, 0.15) is 5.75 Å². The van der Waals surface area contributed by atoms with Crippen molar-refractivity contribution in [2.24, 2.45) is 0 Å². The average molecular weight is 451 g/mol. The highest BCUT2D eigenvalue weighted by molar-refractivity contribution is 6.35. The molecule has 1 aliphatic carbocycles. The van der Waals surface area contributed by atoms with Gasteiger partial charge in [0, 0.05) is 15.9 Å². The first-order valence-electron chi connectivity index (χ1n) is 7.75. The highest BCUT2D eigenvalue weighted by atomic mass is 35.5. The number of ether oxygens (including phenoxy) is 1. The fourth-order valence-electron chi connectivity index (χ4n) is 1.78. The van der Waals surface area contributed by atoms with Gasteiger partial charge < -0.3 is 14.8 Å². The maximum absolute atomic E-state index is 10.8. The second-order valence-electron chi connectivity index (χ2n) is 5.56. The van der Waals surface area contributed by atoms with Crippen molar-refractivity contribution in [1.29, 1.82) is 0 Å². The summed E-state index contributed by atoms with van der Waals surface area (Å²) in [5.41, 5.74) is 0.894. The highest BCUT2D eigenvalue weighted by Gasteiger charge is 2.32. The normalized spacial score (nSPS) is 17.3. The van der Waals surface area contributed by atoms with Crippen LogP contribution < -0.4 is 10.3 Å². The zero-order valence-corrected chi connectivity index (χ0v) is 16.8. The fraction of sp³-hybridized carbons (Fsp3) is 0.222. The molecule has 5 nitrogen and oxygen atoms in total. The Morgan fingerprint density at radius 3 is 2.04 bits per heavy atom. The molecule has 1 aliphatic rings. The summed E-state index contributed by atoms with van der Waals surface area (Å²) >= 11 is 22.1. The van der Waals surface area contributed by atoms with E-state index in [1.54, 1.807) is 6.07 Å². The average Bonchev–Trinajstić information content (AvgIpc) is 3.28. The van der Waals surface area contributed by atoms with Crippen LogP contribution in [-0.4, -0.2) is 33.4 Å². The van der Waals surface area contributed by atoms with Crippen LogP contribution in [0.3, 0.4) is 0 Å². The number of carboxylic acid groups (broad SMARTS) is 1. The van der Waals surface area contributed by atoms with Gasteiger partial charge in [0.2, 0.25) is 0 Å². The number of hydrogen-bond acceptors (Lipinski definition) is 3. The zero-order chi connectivity index (χ0) is 20.0. The number of carbonyl (C=O) groups is 1. The second-order valence-corrected chi connectivity index (χ2v) is 7.52. The number of aromatic amines is 1. The van der Waals surface area contributed by atoms with Crippen LogP contribution in [0, 0.1) is 0 Å². The first kappa shape index (κ1) is 21.6. The molecule has 0 spiro atoms. The Morgan fingerprint density at radius 1 is 1.11 bits per heavy atom. The summed E-state index contributed by atoms with van der Waals surface area (Å²) in [6.45, 7) is -0.415. The van der Waals surface area contributed by atoms with Gasteiger partial charge in [-0.1, -0.05) is 23.2 Å². The molecule has 27 heavy (non-hydrogen) atoms. The summed E-state index contributed by atoms with van der Waals surface area (Å²) in [5, 5.41) is 10.4. The fourth-order valence-corrected chi connectivity index (χ4v) is 2.71. The van der Waals surface area contributed by atoms with E-state index in [4.69, 9.17) is 56.2 Å². The molecule has 144 valence electrons. The molecule has 2 N–H and O–H groups in total. The summed E-state index contributed by atoms with van der Waals surface area (Å²) < 4.78 is 4.86. The van der Waals surface area contributed by atoms with Crippen LogP contribution in [0.1, 0.15) is 6.42 Å². The van der Waals surface area contributed by atoms with Crippen molar-refractivity contribution in [1.82, 2.24) is 4.98 Å². The molecule has 5 rings (SSSR count). The van der Waals surface area contributed by atoms with Crippen molar-refractivity contribution in [2.75, 3.05) is 6.61 Å². The predicted octanol–water partition coefficient (Wildman–Crippen LogP) is 5.03. The third-order valence-electron chi connectivity index (χ3n) is 3.29. The maximum atomic E-state index is 10.8. The van der Waals surface area contributed by atoms with Gasteiger partial charge in [-0.25, -0.2) is 4.79 Å². The van der Waals surface area contributed by atoms with E-state index in [1.807, 2.05) is 24.3 Å². The number of carboxylic acids is 1. The summed E-state index contributed by atoms with van der Waals surface area (Å²) in [5.74, 6) is -0.737. The molecule has 0 amide bonds. The van der Waals surface area contributed by atoms with E-state index in [1.165, 1.54) is 12.1 Å². The molecular weight excluding hydrogens is 436 g/mol. The lowest BCUT2D eigenvalue weighted by Gasteiger charge is -2.04. The molecule has 0 radical (unpaired) electrons. The number of aliphatic carboxylic acids is 1. The Bertz CT molecular complexity index is 920. The van der Waals surface area contributed by atoms with Crippen LogP contribution in [0.25, 0.3) is 10.9 Å². The second kappa shape index (κ2) is 10.0. The minimum Gasteiger partial charge on any atom is -0.480 e. The van der Waals surface area contributed by atoms with Crippen molar-refractivity contribution in [3.8, 4) is 5.75 Å². The first-order chi connectivity index (χ1) is 12.8. The molecule has 2 unspecified atom stereocenters. The van der Waals surface area contributed by atoms with Gasteiger partial charge in [-0.3, -0.25) is 4.79 Å². The third kappa shape index (κ3) is 7.46. The van der Waals surface area contributed by atoms with Crippen LogP contribution in [0.5, 0.6) is 5.75 Å². The number of hydrogen-bond donors (Lipinski definition) is 2. The smallest absolute Gasteiger partial charge is 0.341 e. The summed E-state index contributed by atoms with van der Waals surface area (Å²) in [4.78, 5) is 23.6. The quantitative estimate of drug-likeness (QED) is 0.548. The lowest BCUT2D eigenvalue weighted by Crippen LogP contribution is -2.09. The first-order valence-corrected chi connectivity index (χ1v) is 9.38. The van der Waals surface area contributed by atoms with Crippen LogP contribution >= 0.6 is 46.4 Å². The molecule has 2 aromatic carbocycles. The number of alkyl halides is 2. The third-order valence-corrected chi connectivity index (χ3v) is 4.91. The molecule has 2 atom stereocenters. The van der Waals surface area contributed by atoms with Gasteiger partial charge >= 0.3 is 5.97 Å². The Morgan fingerprint density at radius 2 is 1.70 bits per heavy atom.